The van der Waals surface area contributed by atoms with Crippen LogP contribution in [0.15, 0.2) is 71.5 Å². The molecule has 0 aliphatic heterocycles. The Morgan fingerprint density at radius 2 is 1.68 bits per heavy atom. The van der Waals surface area contributed by atoms with Crippen LogP contribution in [-0.4, -0.2) is 26.9 Å². The minimum absolute atomic E-state index is 0.107. The topological polar surface area (TPSA) is 55.2 Å². The molecule has 0 saturated carbocycles. The monoisotopic (exact) mass is 455 g/mol. The molecule has 176 valence electrons. The third-order valence-corrected chi connectivity index (χ3v) is 6.26. The maximum Gasteiger partial charge on any atom is 0.266 e. The van der Waals surface area contributed by atoms with E-state index >= 15 is 0 Å². The molecule has 1 aromatic heterocycles. The summed E-state index contributed by atoms with van der Waals surface area (Å²) in [5.41, 5.74) is 1.29. The molecule has 4 aromatic rings. The molecule has 1 amide bonds. The van der Waals surface area contributed by atoms with Crippen molar-refractivity contribution in [1.82, 2.24) is 14.5 Å². The van der Waals surface area contributed by atoms with Gasteiger partial charge in [0.2, 0.25) is 5.91 Å². The summed E-state index contributed by atoms with van der Waals surface area (Å²) >= 11 is 0. The minimum atomic E-state index is -0.351. The highest BCUT2D eigenvalue weighted by Crippen LogP contribution is 2.26. The van der Waals surface area contributed by atoms with Gasteiger partial charge in [-0.25, -0.2) is 4.98 Å². The average molecular weight is 456 g/mol. The maximum absolute atomic E-state index is 13.8. The van der Waals surface area contributed by atoms with Gasteiger partial charge in [-0.2, -0.15) is 0 Å². The molecule has 34 heavy (non-hydrogen) atoms. The minimum Gasteiger partial charge on any atom is -0.333 e. The summed E-state index contributed by atoms with van der Waals surface area (Å²) in [5.74, 6) is 0.995. The molecule has 0 radical (unpaired) electrons. The highest BCUT2D eigenvalue weighted by molar-refractivity contribution is 5.85. The van der Waals surface area contributed by atoms with Crippen LogP contribution in [0.25, 0.3) is 27.4 Å². The van der Waals surface area contributed by atoms with Crippen LogP contribution in [0.1, 0.15) is 58.8 Å². The highest BCUT2D eigenvalue weighted by Gasteiger charge is 2.27. The second-order valence-corrected chi connectivity index (χ2v) is 9.38. The van der Waals surface area contributed by atoms with Crippen LogP contribution in [-0.2, 0) is 4.79 Å². The number of fused-ring (bicyclic) bond motifs is 2. The van der Waals surface area contributed by atoms with Crippen LogP contribution in [0.2, 0.25) is 0 Å². The number of hydrogen-bond donors (Lipinski definition) is 0. The molecule has 0 fully saturated rings. The molecule has 5 nitrogen and oxygen atoms in total. The number of amides is 1. The number of aromatic nitrogens is 2. The van der Waals surface area contributed by atoms with Gasteiger partial charge in [0, 0.05) is 13.0 Å². The molecule has 0 saturated heterocycles. The van der Waals surface area contributed by atoms with E-state index in [9.17, 15) is 9.59 Å². The number of hydrogen-bond acceptors (Lipinski definition) is 3. The Morgan fingerprint density at radius 3 is 2.41 bits per heavy atom. The van der Waals surface area contributed by atoms with E-state index < -0.39 is 0 Å². The molecule has 1 heterocycles. The molecule has 0 aliphatic carbocycles. The van der Waals surface area contributed by atoms with E-state index in [1.807, 2.05) is 72.5 Å². The quantitative estimate of drug-likeness (QED) is 0.314. The van der Waals surface area contributed by atoms with Crippen molar-refractivity contribution < 1.29 is 4.79 Å². The smallest absolute Gasteiger partial charge is 0.266 e. The number of carbonyl (C=O) groups excluding carboxylic acids is 1. The number of unbranched alkanes of at least 4 members (excludes halogenated alkanes) is 1. The molecular formula is C29H33N3O2. The molecule has 4 rings (SSSR count). The predicted octanol–water partition coefficient (Wildman–Crippen LogP) is 6.27. The van der Waals surface area contributed by atoms with Crippen molar-refractivity contribution in [3.05, 3.63) is 82.9 Å². The van der Waals surface area contributed by atoms with Crippen LogP contribution < -0.4 is 5.56 Å². The molecule has 0 bridgehead atoms. The van der Waals surface area contributed by atoms with E-state index in [2.05, 4.69) is 26.8 Å². The standard InChI is InChI=1S/C29H33N3O2/c1-5-6-15-27(33)31(19-20(2)3)21(4)28-30-26-14-10-9-13-25(26)29(34)32(28)24-17-16-22-11-7-8-12-23(22)18-24/h7-14,16-18,20-21H,5-6,15,19H2,1-4H3. The molecule has 0 spiro atoms. The van der Waals surface area contributed by atoms with Crippen molar-refractivity contribution in [2.75, 3.05) is 6.54 Å². The Bertz CT molecular complexity index is 1370. The molecule has 1 atom stereocenters. The lowest BCUT2D eigenvalue weighted by Crippen LogP contribution is -2.39. The summed E-state index contributed by atoms with van der Waals surface area (Å²) in [7, 11) is 0. The van der Waals surface area contributed by atoms with E-state index in [1.165, 1.54) is 0 Å². The normalized spacial score (nSPS) is 12.4. The first-order chi connectivity index (χ1) is 16.4. The fourth-order valence-corrected chi connectivity index (χ4v) is 4.48. The van der Waals surface area contributed by atoms with E-state index in [1.54, 1.807) is 4.57 Å². The summed E-state index contributed by atoms with van der Waals surface area (Å²) in [4.78, 5) is 33.9. The predicted molar refractivity (Wildman–Crippen MR) is 139 cm³/mol. The van der Waals surface area contributed by atoms with E-state index in [-0.39, 0.29) is 17.5 Å². The Labute approximate surface area is 201 Å². The zero-order chi connectivity index (χ0) is 24.2. The highest BCUT2D eigenvalue weighted by atomic mass is 16.2. The molecule has 1 unspecified atom stereocenters. The fourth-order valence-electron chi connectivity index (χ4n) is 4.48. The van der Waals surface area contributed by atoms with Gasteiger partial charge in [-0.05, 0) is 54.3 Å². The third kappa shape index (κ3) is 4.74. The van der Waals surface area contributed by atoms with Crippen molar-refractivity contribution in [2.45, 2.75) is 53.0 Å². The van der Waals surface area contributed by atoms with Crippen molar-refractivity contribution in [3.63, 3.8) is 0 Å². The number of carbonyl (C=O) groups is 1. The Balaban J connectivity index is 1.92. The lowest BCUT2D eigenvalue weighted by molar-refractivity contribution is -0.134. The largest absolute Gasteiger partial charge is 0.333 e. The second-order valence-electron chi connectivity index (χ2n) is 9.38. The van der Waals surface area contributed by atoms with E-state index in [4.69, 9.17) is 4.98 Å². The summed E-state index contributed by atoms with van der Waals surface area (Å²) in [6.45, 7) is 8.91. The summed E-state index contributed by atoms with van der Waals surface area (Å²) in [6, 6.07) is 21.2. The van der Waals surface area contributed by atoms with Gasteiger partial charge in [-0.15, -0.1) is 0 Å². The molecular weight excluding hydrogens is 422 g/mol. The maximum atomic E-state index is 13.8. The summed E-state index contributed by atoms with van der Waals surface area (Å²) in [6.07, 6.45) is 2.32. The first kappa shape index (κ1) is 23.7. The SMILES string of the molecule is CCCCC(=O)N(CC(C)C)C(C)c1nc2ccccc2c(=O)n1-c1ccc2ccccc2c1. The first-order valence-corrected chi connectivity index (χ1v) is 12.2. The number of benzene rings is 3. The van der Waals surface area contributed by atoms with Crippen molar-refractivity contribution in [3.8, 4) is 5.69 Å². The van der Waals surface area contributed by atoms with Crippen LogP contribution >= 0.6 is 0 Å². The summed E-state index contributed by atoms with van der Waals surface area (Å²) < 4.78 is 1.69. The number of nitrogens with zero attached hydrogens (tertiary/aromatic N) is 3. The number of rotatable bonds is 8. The van der Waals surface area contributed by atoms with E-state index in [0.29, 0.717) is 35.6 Å². The molecule has 3 aromatic carbocycles. The summed E-state index contributed by atoms with van der Waals surface area (Å²) in [5, 5.41) is 2.73. The van der Waals surface area contributed by atoms with Crippen LogP contribution in [0.4, 0.5) is 0 Å². The lowest BCUT2D eigenvalue weighted by atomic mass is 10.1. The zero-order valence-electron chi connectivity index (χ0n) is 20.5. The average Bonchev–Trinajstić information content (AvgIpc) is 2.85. The van der Waals surface area contributed by atoms with Gasteiger partial charge in [0.1, 0.15) is 5.82 Å². The van der Waals surface area contributed by atoms with Crippen LogP contribution in [0, 0.1) is 5.92 Å². The molecule has 0 N–H and O–H groups in total. The van der Waals surface area contributed by atoms with Gasteiger partial charge in [-0.1, -0.05) is 69.7 Å². The van der Waals surface area contributed by atoms with Gasteiger partial charge in [0.25, 0.3) is 5.56 Å². The zero-order valence-corrected chi connectivity index (χ0v) is 20.5. The Hall–Kier alpha value is -3.47. The Kier molecular flexibility index (Phi) is 7.11. The van der Waals surface area contributed by atoms with E-state index in [0.717, 1.165) is 29.3 Å². The van der Waals surface area contributed by atoms with Crippen molar-refractivity contribution in [1.29, 1.82) is 0 Å². The van der Waals surface area contributed by atoms with Gasteiger partial charge in [0.15, 0.2) is 0 Å². The van der Waals surface area contributed by atoms with Gasteiger partial charge in [-0.3, -0.25) is 14.2 Å². The first-order valence-electron chi connectivity index (χ1n) is 12.2. The van der Waals surface area contributed by atoms with Crippen LogP contribution in [0.3, 0.4) is 0 Å². The fraction of sp³-hybridized carbons (Fsp3) is 0.345. The van der Waals surface area contributed by atoms with Gasteiger partial charge >= 0.3 is 0 Å². The second kappa shape index (κ2) is 10.2. The molecule has 0 aliphatic rings. The molecule has 5 heteroatoms. The van der Waals surface area contributed by atoms with Crippen molar-refractivity contribution >= 4 is 27.6 Å². The van der Waals surface area contributed by atoms with Crippen molar-refractivity contribution in [2.24, 2.45) is 5.92 Å². The van der Waals surface area contributed by atoms with Gasteiger partial charge < -0.3 is 4.90 Å². The Morgan fingerprint density at radius 1 is 0.971 bits per heavy atom. The van der Waals surface area contributed by atoms with Gasteiger partial charge in [0.05, 0.1) is 22.6 Å². The van der Waals surface area contributed by atoms with Crippen LogP contribution in [0.5, 0.6) is 0 Å². The number of para-hydroxylation sites is 1. The third-order valence-electron chi connectivity index (χ3n) is 6.26. The lowest BCUT2D eigenvalue weighted by Gasteiger charge is -2.32.